The number of ether oxygens (including phenoxy) is 1. The fourth-order valence-electron chi connectivity index (χ4n) is 2.37. The summed E-state index contributed by atoms with van der Waals surface area (Å²) in [6.07, 6.45) is 3.73. The van der Waals surface area contributed by atoms with Crippen molar-refractivity contribution in [3.63, 3.8) is 0 Å². The zero-order valence-electron chi connectivity index (χ0n) is 10.3. The van der Waals surface area contributed by atoms with Gasteiger partial charge in [-0.2, -0.15) is 0 Å². The van der Waals surface area contributed by atoms with E-state index in [2.05, 4.69) is 12.2 Å². The molecule has 1 aromatic carbocycles. The lowest BCUT2D eigenvalue weighted by atomic mass is 9.97. The summed E-state index contributed by atoms with van der Waals surface area (Å²) in [5.41, 5.74) is 0. The summed E-state index contributed by atoms with van der Waals surface area (Å²) in [5, 5.41) is 4.11. The van der Waals surface area contributed by atoms with Gasteiger partial charge >= 0.3 is 0 Å². The van der Waals surface area contributed by atoms with Crippen LogP contribution in [0.15, 0.2) is 24.3 Å². The number of halogens is 1. The molecule has 1 fully saturated rings. The highest BCUT2D eigenvalue weighted by atomic mass is 35.5. The highest BCUT2D eigenvalue weighted by Crippen LogP contribution is 2.28. The minimum atomic E-state index is 0.287. The first-order valence-corrected chi connectivity index (χ1v) is 6.81. The Labute approximate surface area is 108 Å². The first kappa shape index (κ1) is 12.7. The second-order valence-corrected chi connectivity index (χ2v) is 5.04. The highest BCUT2D eigenvalue weighted by molar-refractivity contribution is 6.32. The lowest BCUT2D eigenvalue weighted by molar-refractivity contribution is 0.132. The van der Waals surface area contributed by atoms with Crippen LogP contribution in [0, 0.1) is 5.92 Å². The summed E-state index contributed by atoms with van der Waals surface area (Å²) in [5.74, 6) is 1.44. The van der Waals surface area contributed by atoms with Crippen LogP contribution in [0.5, 0.6) is 5.75 Å². The van der Waals surface area contributed by atoms with E-state index in [0.717, 1.165) is 31.7 Å². The predicted molar refractivity (Wildman–Crippen MR) is 71.8 cm³/mol. The lowest BCUT2D eigenvalue weighted by Crippen LogP contribution is -2.28. The van der Waals surface area contributed by atoms with Crippen LogP contribution < -0.4 is 10.1 Å². The van der Waals surface area contributed by atoms with E-state index < -0.39 is 0 Å². The largest absolute Gasteiger partial charge is 0.489 e. The van der Waals surface area contributed by atoms with Gasteiger partial charge in [-0.05, 0) is 31.5 Å². The smallest absolute Gasteiger partial charge is 0.138 e. The Bertz CT molecular complexity index is 350. The number of hydrogen-bond acceptors (Lipinski definition) is 2. The van der Waals surface area contributed by atoms with E-state index in [-0.39, 0.29) is 6.10 Å². The van der Waals surface area contributed by atoms with Crippen molar-refractivity contribution < 1.29 is 4.74 Å². The normalized spacial score (nSPS) is 21.4. The molecule has 1 aromatic rings. The van der Waals surface area contributed by atoms with Crippen LogP contribution in [0.4, 0.5) is 0 Å². The monoisotopic (exact) mass is 253 g/mol. The second kappa shape index (κ2) is 6.27. The number of hydrogen-bond donors (Lipinski definition) is 1. The topological polar surface area (TPSA) is 21.3 Å². The number of nitrogens with one attached hydrogen (secondary N) is 1. The average molecular weight is 254 g/mol. The standard InChI is InChI=1S/C14H20ClNO/c1-2-5-13(11-8-9-16-10-11)17-14-7-4-3-6-12(14)15/h3-4,6-7,11,13,16H,2,5,8-10H2,1H3/t11-,13-/m1/s1. The maximum Gasteiger partial charge on any atom is 0.138 e. The minimum absolute atomic E-state index is 0.287. The molecule has 0 aliphatic carbocycles. The Morgan fingerprint density at radius 1 is 1.47 bits per heavy atom. The van der Waals surface area contributed by atoms with Crippen LogP contribution in [0.1, 0.15) is 26.2 Å². The van der Waals surface area contributed by atoms with Crippen molar-refractivity contribution in [3.8, 4) is 5.75 Å². The second-order valence-electron chi connectivity index (χ2n) is 4.63. The number of benzene rings is 1. The molecule has 0 saturated carbocycles. The van der Waals surface area contributed by atoms with Gasteiger partial charge < -0.3 is 10.1 Å². The third kappa shape index (κ3) is 3.36. The predicted octanol–water partition coefficient (Wildman–Crippen LogP) is 3.50. The van der Waals surface area contributed by atoms with E-state index >= 15 is 0 Å². The van der Waals surface area contributed by atoms with Crippen LogP contribution >= 0.6 is 11.6 Å². The molecule has 1 saturated heterocycles. The van der Waals surface area contributed by atoms with Crippen LogP contribution in [0.3, 0.4) is 0 Å². The Morgan fingerprint density at radius 3 is 2.94 bits per heavy atom. The van der Waals surface area contributed by atoms with E-state index in [1.54, 1.807) is 0 Å². The third-order valence-corrected chi connectivity index (χ3v) is 3.62. The van der Waals surface area contributed by atoms with Gasteiger partial charge in [-0.1, -0.05) is 37.1 Å². The van der Waals surface area contributed by atoms with Crippen molar-refractivity contribution in [2.24, 2.45) is 5.92 Å². The van der Waals surface area contributed by atoms with Gasteiger partial charge in [-0.15, -0.1) is 0 Å². The molecule has 0 aromatic heterocycles. The molecular formula is C14H20ClNO. The molecule has 0 radical (unpaired) electrons. The Hall–Kier alpha value is -0.730. The molecule has 0 amide bonds. The molecule has 1 aliphatic heterocycles. The maximum absolute atomic E-state index is 6.13. The van der Waals surface area contributed by atoms with Crippen LogP contribution in [-0.2, 0) is 0 Å². The van der Waals surface area contributed by atoms with Gasteiger partial charge in [-0.25, -0.2) is 0 Å². The average Bonchev–Trinajstić information content (AvgIpc) is 2.85. The molecule has 0 unspecified atom stereocenters. The molecule has 17 heavy (non-hydrogen) atoms. The van der Waals surface area contributed by atoms with E-state index in [0.29, 0.717) is 10.9 Å². The summed E-state index contributed by atoms with van der Waals surface area (Å²) in [7, 11) is 0. The molecular weight excluding hydrogens is 234 g/mol. The van der Waals surface area contributed by atoms with Gasteiger partial charge in [0.1, 0.15) is 11.9 Å². The molecule has 3 heteroatoms. The van der Waals surface area contributed by atoms with Crippen molar-refractivity contribution >= 4 is 11.6 Å². The van der Waals surface area contributed by atoms with Gasteiger partial charge in [0, 0.05) is 12.5 Å². The Balaban J connectivity index is 2.04. The van der Waals surface area contributed by atoms with Crippen LogP contribution in [0.25, 0.3) is 0 Å². The zero-order chi connectivity index (χ0) is 12.1. The number of para-hydroxylation sites is 1. The highest BCUT2D eigenvalue weighted by Gasteiger charge is 2.26. The molecule has 2 nitrogen and oxygen atoms in total. The zero-order valence-corrected chi connectivity index (χ0v) is 11.0. The summed E-state index contributed by atoms with van der Waals surface area (Å²) in [4.78, 5) is 0. The lowest BCUT2D eigenvalue weighted by Gasteiger charge is -2.24. The third-order valence-electron chi connectivity index (χ3n) is 3.31. The van der Waals surface area contributed by atoms with Gasteiger partial charge in [0.05, 0.1) is 5.02 Å². The minimum Gasteiger partial charge on any atom is -0.489 e. The molecule has 0 spiro atoms. The summed E-state index contributed by atoms with van der Waals surface area (Å²) in [6.45, 7) is 4.37. The van der Waals surface area contributed by atoms with Gasteiger partial charge in [0.2, 0.25) is 0 Å². The Kier molecular flexibility index (Phi) is 4.69. The SMILES string of the molecule is CCC[C@@H](Oc1ccccc1Cl)[C@@H]1CCNC1. The fraction of sp³-hybridized carbons (Fsp3) is 0.571. The number of rotatable bonds is 5. The van der Waals surface area contributed by atoms with Crippen molar-refractivity contribution in [3.05, 3.63) is 29.3 Å². The van der Waals surface area contributed by atoms with Crippen LogP contribution in [-0.4, -0.2) is 19.2 Å². The van der Waals surface area contributed by atoms with E-state index in [4.69, 9.17) is 16.3 Å². The summed E-state index contributed by atoms with van der Waals surface area (Å²) < 4.78 is 6.10. The maximum atomic E-state index is 6.13. The first-order chi connectivity index (χ1) is 8.31. The molecule has 1 N–H and O–H groups in total. The summed E-state index contributed by atoms with van der Waals surface area (Å²) in [6, 6.07) is 7.73. The van der Waals surface area contributed by atoms with Crippen molar-refractivity contribution in [2.45, 2.75) is 32.3 Å². The van der Waals surface area contributed by atoms with Crippen molar-refractivity contribution in [2.75, 3.05) is 13.1 Å². The van der Waals surface area contributed by atoms with Crippen molar-refractivity contribution in [1.29, 1.82) is 0 Å². The molecule has 0 bridgehead atoms. The van der Waals surface area contributed by atoms with E-state index in [1.807, 2.05) is 24.3 Å². The van der Waals surface area contributed by atoms with Gasteiger partial charge in [0.15, 0.2) is 0 Å². The van der Waals surface area contributed by atoms with Crippen molar-refractivity contribution in [1.82, 2.24) is 5.32 Å². The first-order valence-electron chi connectivity index (χ1n) is 6.43. The molecule has 94 valence electrons. The quantitative estimate of drug-likeness (QED) is 0.867. The molecule has 2 atom stereocenters. The summed E-state index contributed by atoms with van der Waals surface area (Å²) >= 11 is 6.13. The molecule has 2 rings (SSSR count). The molecule has 1 aliphatic rings. The fourth-order valence-corrected chi connectivity index (χ4v) is 2.55. The van der Waals surface area contributed by atoms with E-state index in [1.165, 1.54) is 6.42 Å². The molecule has 1 heterocycles. The Morgan fingerprint density at radius 2 is 2.29 bits per heavy atom. The van der Waals surface area contributed by atoms with E-state index in [9.17, 15) is 0 Å². The van der Waals surface area contributed by atoms with Gasteiger partial charge in [-0.3, -0.25) is 0 Å². The van der Waals surface area contributed by atoms with Crippen LogP contribution in [0.2, 0.25) is 5.02 Å². The van der Waals surface area contributed by atoms with Gasteiger partial charge in [0.25, 0.3) is 0 Å².